The third kappa shape index (κ3) is 4.49. The summed E-state index contributed by atoms with van der Waals surface area (Å²) in [6, 6.07) is 10.7. The maximum absolute atomic E-state index is 4.47. The van der Waals surface area contributed by atoms with Crippen LogP contribution in [-0.2, 0) is 13.0 Å². The van der Waals surface area contributed by atoms with Crippen molar-refractivity contribution < 1.29 is 0 Å². The van der Waals surface area contributed by atoms with Crippen LogP contribution >= 0.6 is 0 Å². The second kappa shape index (κ2) is 7.25. The smallest absolute Gasteiger partial charge is 0.0662 e. The first kappa shape index (κ1) is 14.8. The van der Waals surface area contributed by atoms with Gasteiger partial charge in [-0.1, -0.05) is 38.1 Å². The summed E-state index contributed by atoms with van der Waals surface area (Å²) in [4.78, 5) is 0. The molecule has 20 heavy (non-hydrogen) atoms. The largest absolute Gasteiger partial charge is 0.316 e. The molecule has 1 aromatic heterocycles. The van der Waals surface area contributed by atoms with Crippen molar-refractivity contribution in [2.75, 3.05) is 13.1 Å². The van der Waals surface area contributed by atoms with Crippen molar-refractivity contribution in [2.45, 2.75) is 33.7 Å². The van der Waals surface area contributed by atoms with Crippen LogP contribution in [0.5, 0.6) is 0 Å². The number of hydrogen-bond donors (Lipinski definition) is 1. The van der Waals surface area contributed by atoms with Crippen LogP contribution in [-0.4, -0.2) is 22.9 Å². The number of benzene rings is 1. The minimum absolute atomic E-state index is 0.706. The molecule has 0 aliphatic carbocycles. The van der Waals surface area contributed by atoms with Gasteiger partial charge >= 0.3 is 0 Å². The predicted molar refractivity (Wildman–Crippen MR) is 83.9 cm³/mol. The number of aryl methyl sites for hydroxylation is 1. The van der Waals surface area contributed by atoms with Crippen molar-refractivity contribution in [3.05, 3.63) is 53.3 Å². The second-order valence-electron chi connectivity index (χ2n) is 5.77. The lowest BCUT2D eigenvalue weighted by atomic mass is 10.0. The maximum Gasteiger partial charge on any atom is 0.0662 e. The molecule has 0 saturated heterocycles. The number of nitrogens with one attached hydrogen (secondary N) is 1. The molecule has 3 heteroatoms. The third-order valence-corrected chi connectivity index (χ3v) is 3.35. The molecular weight excluding hydrogens is 246 g/mol. The van der Waals surface area contributed by atoms with Gasteiger partial charge in [-0.2, -0.15) is 5.10 Å². The van der Waals surface area contributed by atoms with E-state index in [2.05, 4.69) is 48.5 Å². The van der Waals surface area contributed by atoms with Crippen LogP contribution < -0.4 is 5.32 Å². The molecule has 2 aromatic rings. The van der Waals surface area contributed by atoms with Crippen molar-refractivity contribution in [1.82, 2.24) is 15.1 Å². The van der Waals surface area contributed by atoms with Gasteiger partial charge in [0.05, 0.1) is 12.2 Å². The molecule has 0 fully saturated rings. The molecule has 0 aliphatic rings. The summed E-state index contributed by atoms with van der Waals surface area (Å²) in [7, 11) is 0. The van der Waals surface area contributed by atoms with Gasteiger partial charge in [-0.05, 0) is 49.5 Å². The predicted octanol–water partition coefficient (Wildman–Crippen LogP) is 3.03. The van der Waals surface area contributed by atoms with Crippen molar-refractivity contribution >= 4 is 0 Å². The van der Waals surface area contributed by atoms with E-state index >= 15 is 0 Å². The van der Waals surface area contributed by atoms with E-state index in [1.807, 2.05) is 23.9 Å². The molecule has 3 nitrogen and oxygen atoms in total. The fraction of sp³-hybridized carbons (Fsp3) is 0.471. The second-order valence-corrected chi connectivity index (χ2v) is 5.77. The Morgan fingerprint density at radius 1 is 1.15 bits per heavy atom. The average molecular weight is 271 g/mol. The van der Waals surface area contributed by atoms with E-state index in [0.29, 0.717) is 5.92 Å². The minimum atomic E-state index is 0.706. The lowest BCUT2D eigenvalue weighted by Gasteiger charge is -2.11. The zero-order valence-corrected chi connectivity index (χ0v) is 12.8. The van der Waals surface area contributed by atoms with E-state index in [9.17, 15) is 0 Å². The van der Waals surface area contributed by atoms with Crippen molar-refractivity contribution in [1.29, 1.82) is 0 Å². The highest BCUT2D eigenvalue weighted by molar-refractivity contribution is 5.27. The Morgan fingerprint density at radius 2 is 1.90 bits per heavy atom. The van der Waals surface area contributed by atoms with Crippen LogP contribution in [0.3, 0.4) is 0 Å². The summed E-state index contributed by atoms with van der Waals surface area (Å²) < 4.78 is 2.01. The van der Waals surface area contributed by atoms with Gasteiger partial charge in [0.1, 0.15) is 0 Å². The third-order valence-electron chi connectivity index (χ3n) is 3.35. The van der Waals surface area contributed by atoms with Gasteiger partial charge in [0.2, 0.25) is 0 Å². The number of nitrogens with zero attached hydrogens (tertiary/aromatic N) is 2. The molecule has 0 radical (unpaired) electrons. The first-order valence-electron chi connectivity index (χ1n) is 7.42. The summed E-state index contributed by atoms with van der Waals surface area (Å²) in [5.74, 6) is 0.706. The summed E-state index contributed by atoms with van der Waals surface area (Å²) in [6.07, 6.45) is 3.12. The van der Waals surface area contributed by atoms with Gasteiger partial charge in [0, 0.05) is 6.20 Å². The van der Waals surface area contributed by atoms with Gasteiger partial charge in [-0.3, -0.25) is 4.68 Å². The van der Waals surface area contributed by atoms with Crippen LogP contribution in [0, 0.1) is 12.8 Å². The molecule has 1 heterocycles. The maximum atomic E-state index is 4.47. The lowest BCUT2D eigenvalue weighted by molar-refractivity contribution is 0.553. The SMILES string of the molecule is Cc1ccn(Cc2ccccc2CCNCC(C)C)n1. The van der Waals surface area contributed by atoms with Crippen LogP contribution in [0.4, 0.5) is 0 Å². The van der Waals surface area contributed by atoms with Crippen molar-refractivity contribution in [3.63, 3.8) is 0 Å². The molecule has 0 aliphatic heterocycles. The van der Waals surface area contributed by atoms with Gasteiger partial charge in [-0.25, -0.2) is 0 Å². The lowest BCUT2D eigenvalue weighted by Crippen LogP contribution is -2.22. The zero-order valence-electron chi connectivity index (χ0n) is 12.8. The average Bonchev–Trinajstić information content (AvgIpc) is 2.82. The Balaban J connectivity index is 1.95. The van der Waals surface area contributed by atoms with Gasteiger partial charge in [0.25, 0.3) is 0 Å². The van der Waals surface area contributed by atoms with Gasteiger partial charge in [-0.15, -0.1) is 0 Å². The molecule has 1 aromatic carbocycles. The Kier molecular flexibility index (Phi) is 5.36. The van der Waals surface area contributed by atoms with E-state index in [0.717, 1.165) is 31.7 Å². The van der Waals surface area contributed by atoms with Crippen LogP contribution in [0.15, 0.2) is 36.5 Å². The Hall–Kier alpha value is -1.61. The van der Waals surface area contributed by atoms with E-state index < -0.39 is 0 Å². The number of rotatable bonds is 7. The van der Waals surface area contributed by atoms with Crippen LogP contribution in [0.2, 0.25) is 0 Å². The molecule has 0 atom stereocenters. The highest BCUT2D eigenvalue weighted by atomic mass is 15.3. The molecule has 0 amide bonds. The molecule has 0 unspecified atom stereocenters. The zero-order chi connectivity index (χ0) is 14.4. The van der Waals surface area contributed by atoms with Gasteiger partial charge in [0.15, 0.2) is 0 Å². The summed E-state index contributed by atoms with van der Waals surface area (Å²) in [5, 5.41) is 7.97. The molecule has 1 N–H and O–H groups in total. The molecule has 0 spiro atoms. The molecule has 0 bridgehead atoms. The highest BCUT2D eigenvalue weighted by Gasteiger charge is 2.03. The fourth-order valence-electron chi connectivity index (χ4n) is 2.30. The first-order valence-corrected chi connectivity index (χ1v) is 7.42. The van der Waals surface area contributed by atoms with Crippen LogP contribution in [0.1, 0.15) is 30.7 Å². The monoisotopic (exact) mass is 271 g/mol. The quantitative estimate of drug-likeness (QED) is 0.785. The topological polar surface area (TPSA) is 29.9 Å². The Bertz CT molecular complexity index is 529. The first-order chi connectivity index (χ1) is 9.65. The van der Waals surface area contributed by atoms with E-state index in [-0.39, 0.29) is 0 Å². The van der Waals surface area contributed by atoms with Gasteiger partial charge < -0.3 is 5.32 Å². The van der Waals surface area contributed by atoms with Crippen molar-refractivity contribution in [2.24, 2.45) is 5.92 Å². The Morgan fingerprint density at radius 3 is 2.55 bits per heavy atom. The summed E-state index contributed by atoms with van der Waals surface area (Å²) in [5.41, 5.74) is 3.85. The van der Waals surface area contributed by atoms with E-state index in [1.165, 1.54) is 11.1 Å². The molecular formula is C17H25N3. The fourth-order valence-corrected chi connectivity index (χ4v) is 2.30. The molecule has 2 rings (SSSR count). The Labute approximate surface area is 122 Å². The van der Waals surface area contributed by atoms with E-state index in [1.54, 1.807) is 0 Å². The highest BCUT2D eigenvalue weighted by Crippen LogP contribution is 2.11. The normalized spacial score (nSPS) is 11.2. The molecule has 108 valence electrons. The van der Waals surface area contributed by atoms with Crippen molar-refractivity contribution in [3.8, 4) is 0 Å². The standard InChI is InChI=1S/C17H25N3/c1-14(2)12-18-10-8-16-6-4-5-7-17(16)13-20-11-9-15(3)19-20/h4-7,9,11,14,18H,8,10,12-13H2,1-3H3. The summed E-state index contributed by atoms with van der Waals surface area (Å²) in [6.45, 7) is 9.47. The minimum Gasteiger partial charge on any atom is -0.316 e. The van der Waals surface area contributed by atoms with E-state index in [4.69, 9.17) is 0 Å². The number of aromatic nitrogens is 2. The van der Waals surface area contributed by atoms with Crippen LogP contribution in [0.25, 0.3) is 0 Å². The summed E-state index contributed by atoms with van der Waals surface area (Å²) >= 11 is 0. The molecule has 0 saturated carbocycles. The number of hydrogen-bond acceptors (Lipinski definition) is 2.